The number of thioether (sulfide) groups is 1. The number of hydrogen-bond acceptors (Lipinski definition) is 6. The molecule has 6 nitrogen and oxygen atoms in total. The van der Waals surface area contributed by atoms with Crippen LogP contribution in [0.4, 0.5) is 5.69 Å². The average Bonchev–Trinajstić information content (AvgIpc) is 2.46. The van der Waals surface area contributed by atoms with Crippen LogP contribution in [0.1, 0.15) is 13.3 Å². The van der Waals surface area contributed by atoms with Crippen LogP contribution in [0.2, 0.25) is 0 Å². The summed E-state index contributed by atoms with van der Waals surface area (Å²) in [5.41, 5.74) is 0.608. The fourth-order valence-corrected chi connectivity index (χ4v) is 3.07. The predicted molar refractivity (Wildman–Crippen MR) is 80.3 cm³/mol. The van der Waals surface area contributed by atoms with E-state index in [2.05, 4.69) is 9.72 Å². The van der Waals surface area contributed by atoms with Crippen LogP contribution in [0.25, 0.3) is 10.9 Å². The van der Waals surface area contributed by atoms with Gasteiger partial charge in [-0.1, -0.05) is 6.92 Å². The highest BCUT2D eigenvalue weighted by Crippen LogP contribution is 2.37. The van der Waals surface area contributed by atoms with Crippen molar-refractivity contribution in [1.82, 2.24) is 4.98 Å². The van der Waals surface area contributed by atoms with E-state index >= 15 is 0 Å². The van der Waals surface area contributed by atoms with Gasteiger partial charge in [0.1, 0.15) is 0 Å². The Morgan fingerprint density at radius 2 is 2.24 bits per heavy atom. The first-order valence-electron chi connectivity index (χ1n) is 6.28. The Labute approximate surface area is 125 Å². The van der Waals surface area contributed by atoms with Crippen molar-refractivity contribution in [1.29, 1.82) is 0 Å². The predicted octanol–water partition coefficient (Wildman–Crippen LogP) is 3.19. The van der Waals surface area contributed by atoms with Gasteiger partial charge < -0.3 is 4.74 Å². The molecule has 2 aromatic rings. The van der Waals surface area contributed by atoms with Crippen LogP contribution in [0.3, 0.4) is 0 Å². The van der Waals surface area contributed by atoms with Crippen molar-refractivity contribution in [2.75, 3.05) is 7.11 Å². The third kappa shape index (κ3) is 3.49. The van der Waals surface area contributed by atoms with Crippen molar-refractivity contribution in [2.45, 2.75) is 23.5 Å². The number of benzene rings is 1. The van der Waals surface area contributed by atoms with E-state index in [-0.39, 0.29) is 23.3 Å². The molecule has 0 N–H and O–H groups in total. The summed E-state index contributed by atoms with van der Waals surface area (Å²) in [5.74, 6) is -0.333. The number of methoxy groups -OCH3 is 1. The molecule has 7 heteroatoms. The first-order chi connectivity index (χ1) is 10.0. The van der Waals surface area contributed by atoms with Gasteiger partial charge in [-0.15, -0.1) is 11.8 Å². The number of carbonyl (C=O) groups is 1. The Kier molecular flexibility index (Phi) is 4.74. The number of pyridine rings is 1. The number of ether oxygens (including phenoxy) is 1. The fourth-order valence-electron chi connectivity index (χ4n) is 1.98. The number of esters is 1. The summed E-state index contributed by atoms with van der Waals surface area (Å²) in [4.78, 5) is 26.9. The summed E-state index contributed by atoms with van der Waals surface area (Å²) in [5, 5.41) is 11.7. The number of nitro groups is 1. The van der Waals surface area contributed by atoms with Crippen LogP contribution in [0.5, 0.6) is 0 Å². The van der Waals surface area contributed by atoms with E-state index in [1.165, 1.54) is 18.9 Å². The van der Waals surface area contributed by atoms with Crippen molar-refractivity contribution in [3.63, 3.8) is 0 Å². The highest BCUT2D eigenvalue weighted by molar-refractivity contribution is 8.00. The molecule has 1 atom stereocenters. The molecule has 0 spiro atoms. The molecule has 1 aromatic carbocycles. The van der Waals surface area contributed by atoms with E-state index < -0.39 is 4.92 Å². The van der Waals surface area contributed by atoms with E-state index in [0.717, 1.165) is 0 Å². The monoisotopic (exact) mass is 306 g/mol. The van der Waals surface area contributed by atoms with E-state index in [1.807, 2.05) is 6.92 Å². The molecule has 0 fully saturated rings. The largest absolute Gasteiger partial charge is 0.469 e. The van der Waals surface area contributed by atoms with Gasteiger partial charge in [-0.3, -0.25) is 19.9 Å². The highest BCUT2D eigenvalue weighted by Gasteiger charge is 2.22. The summed E-state index contributed by atoms with van der Waals surface area (Å²) in [6, 6.07) is 6.76. The van der Waals surface area contributed by atoms with Crippen LogP contribution in [-0.2, 0) is 9.53 Å². The molecule has 0 saturated carbocycles. The molecule has 0 aliphatic rings. The second-order valence-electron chi connectivity index (χ2n) is 4.45. The highest BCUT2D eigenvalue weighted by atomic mass is 32.2. The minimum atomic E-state index is -0.406. The standard InChI is InChI=1S/C14H14N2O4S/c1-9(8-13(17)20-2)21-12-6-5-11-10(4-3-7-15-11)14(12)16(18)19/h3-7,9H,8H2,1-2H3. The quantitative estimate of drug-likeness (QED) is 0.365. The van der Waals surface area contributed by atoms with Gasteiger partial charge in [-0.05, 0) is 24.3 Å². The average molecular weight is 306 g/mol. The zero-order valence-electron chi connectivity index (χ0n) is 11.6. The Morgan fingerprint density at radius 1 is 1.48 bits per heavy atom. The van der Waals surface area contributed by atoms with Gasteiger partial charge in [0.2, 0.25) is 0 Å². The van der Waals surface area contributed by atoms with E-state index in [0.29, 0.717) is 15.8 Å². The van der Waals surface area contributed by atoms with Gasteiger partial charge in [0, 0.05) is 11.4 Å². The molecule has 0 radical (unpaired) electrons. The molecule has 110 valence electrons. The molecule has 0 bridgehead atoms. The Bertz CT molecular complexity index is 690. The van der Waals surface area contributed by atoms with Gasteiger partial charge in [0.15, 0.2) is 0 Å². The molecule has 1 unspecified atom stereocenters. The zero-order chi connectivity index (χ0) is 15.4. The summed E-state index contributed by atoms with van der Waals surface area (Å²) >= 11 is 1.29. The lowest BCUT2D eigenvalue weighted by atomic mass is 10.2. The molecule has 0 saturated heterocycles. The molecule has 1 aromatic heterocycles. The third-order valence-electron chi connectivity index (χ3n) is 2.91. The number of fused-ring (bicyclic) bond motifs is 1. The minimum Gasteiger partial charge on any atom is -0.469 e. The number of aromatic nitrogens is 1. The lowest BCUT2D eigenvalue weighted by Gasteiger charge is -2.11. The van der Waals surface area contributed by atoms with E-state index in [9.17, 15) is 14.9 Å². The Hall–Kier alpha value is -2.15. The van der Waals surface area contributed by atoms with Crippen LogP contribution >= 0.6 is 11.8 Å². The van der Waals surface area contributed by atoms with Gasteiger partial charge in [-0.2, -0.15) is 0 Å². The van der Waals surface area contributed by atoms with Gasteiger partial charge in [0.05, 0.1) is 34.3 Å². The Morgan fingerprint density at radius 3 is 2.90 bits per heavy atom. The Balaban J connectivity index is 2.37. The first kappa shape index (κ1) is 15.2. The SMILES string of the molecule is COC(=O)CC(C)Sc1ccc2ncccc2c1[N+](=O)[O-]. The molecular formula is C14H14N2O4S. The second-order valence-corrected chi connectivity index (χ2v) is 5.93. The number of hydrogen-bond donors (Lipinski definition) is 0. The zero-order valence-corrected chi connectivity index (χ0v) is 12.4. The van der Waals surface area contributed by atoms with Crippen molar-refractivity contribution >= 4 is 34.3 Å². The molecule has 0 aliphatic heterocycles. The number of rotatable bonds is 5. The van der Waals surface area contributed by atoms with Gasteiger partial charge >= 0.3 is 5.97 Å². The van der Waals surface area contributed by atoms with Gasteiger partial charge in [0.25, 0.3) is 5.69 Å². The molecule has 0 aliphatic carbocycles. The van der Waals surface area contributed by atoms with Crippen molar-refractivity contribution in [2.24, 2.45) is 0 Å². The van der Waals surface area contributed by atoms with Crippen LogP contribution in [-0.4, -0.2) is 28.2 Å². The maximum Gasteiger partial charge on any atom is 0.306 e. The topological polar surface area (TPSA) is 82.3 Å². The molecule has 1 heterocycles. The summed E-state index contributed by atoms with van der Waals surface area (Å²) in [7, 11) is 1.32. The molecular weight excluding hydrogens is 292 g/mol. The van der Waals surface area contributed by atoms with Crippen molar-refractivity contribution < 1.29 is 14.5 Å². The summed E-state index contributed by atoms with van der Waals surface area (Å²) in [6.07, 6.45) is 1.79. The van der Waals surface area contributed by atoms with Gasteiger partial charge in [-0.25, -0.2) is 0 Å². The number of nitro benzene ring substituents is 1. The lowest BCUT2D eigenvalue weighted by Crippen LogP contribution is -2.08. The third-order valence-corrected chi connectivity index (χ3v) is 4.06. The van der Waals surface area contributed by atoms with Crippen LogP contribution in [0.15, 0.2) is 35.4 Å². The molecule has 0 amide bonds. The maximum atomic E-state index is 11.4. The second kappa shape index (κ2) is 6.53. The van der Waals surface area contributed by atoms with Crippen LogP contribution in [0, 0.1) is 10.1 Å². The van der Waals surface area contributed by atoms with Crippen molar-refractivity contribution in [3.8, 4) is 0 Å². The fraction of sp³-hybridized carbons (Fsp3) is 0.286. The van der Waals surface area contributed by atoms with E-state index in [1.54, 1.807) is 30.5 Å². The smallest absolute Gasteiger partial charge is 0.306 e. The van der Waals surface area contributed by atoms with Crippen molar-refractivity contribution in [3.05, 3.63) is 40.6 Å². The first-order valence-corrected chi connectivity index (χ1v) is 7.16. The number of carbonyl (C=O) groups excluding carboxylic acids is 1. The molecule has 2 rings (SSSR count). The van der Waals surface area contributed by atoms with Crippen LogP contribution < -0.4 is 0 Å². The number of nitrogens with zero attached hydrogens (tertiary/aromatic N) is 2. The summed E-state index contributed by atoms with van der Waals surface area (Å²) in [6.45, 7) is 1.83. The minimum absolute atomic E-state index is 0.0299. The molecule has 21 heavy (non-hydrogen) atoms. The lowest BCUT2D eigenvalue weighted by molar-refractivity contribution is -0.385. The maximum absolute atomic E-state index is 11.4. The van der Waals surface area contributed by atoms with E-state index in [4.69, 9.17) is 0 Å². The summed E-state index contributed by atoms with van der Waals surface area (Å²) < 4.78 is 4.61. The normalized spacial score (nSPS) is 12.1.